The Morgan fingerprint density at radius 2 is 0.935 bits per heavy atom. The summed E-state index contributed by atoms with van der Waals surface area (Å²) in [5.41, 5.74) is 0.639. The summed E-state index contributed by atoms with van der Waals surface area (Å²) in [5, 5.41) is -0.213. The lowest BCUT2D eigenvalue weighted by Crippen LogP contribution is -2.35. The van der Waals surface area contributed by atoms with Crippen molar-refractivity contribution in [1.29, 1.82) is 0 Å². The Hall–Kier alpha value is -5.60. The van der Waals surface area contributed by atoms with Crippen LogP contribution >= 0.6 is 23.5 Å². The van der Waals surface area contributed by atoms with Crippen molar-refractivity contribution < 1.29 is 38.2 Å². The van der Waals surface area contributed by atoms with Crippen LogP contribution in [-0.2, 0) is 28.7 Å². The maximum absolute atomic E-state index is 13.8. The third-order valence-electron chi connectivity index (χ3n) is 6.31. The van der Waals surface area contributed by atoms with Gasteiger partial charge in [-0.1, -0.05) is 48.5 Å². The average molecular weight is 655 g/mol. The lowest BCUT2D eigenvalue weighted by molar-refractivity contribution is -0.135. The molecular formula is C32H22N4O8S2. The number of hydrogen-bond donors (Lipinski definition) is 0. The van der Waals surface area contributed by atoms with E-state index in [9.17, 15) is 28.8 Å². The van der Waals surface area contributed by atoms with E-state index < -0.39 is 35.6 Å². The number of esters is 2. The van der Waals surface area contributed by atoms with Crippen molar-refractivity contribution in [3.8, 4) is 0 Å². The molecule has 0 N–H and O–H groups in total. The van der Waals surface area contributed by atoms with Gasteiger partial charge in [-0.3, -0.25) is 29.0 Å². The number of amidine groups is 2. The molecule has 3 aromatic carbocycles. The van der Waals surface area contributed by atoms with Gasteiger partial charge in [0.2, 0.25) is 0 Å². The highest BCUT2D eigenvalue weighted by Gasteiger charge is 2.42. The quantitative estimate of drug-likeness (QED) is 0.277. The summed E-state index contributed by atoms with van der Waals surface area (Å²) in [6, 6.07) is 22.5. The van der Waals surface area contributed by atoms with Crippen molar-refractivity contribution >= 4 is 80.8 Å². The smallest absolute Gasteiger partial charge is 0.331 e. The SMILES string of the molecule is COC(=O)/C=C1\SC(=NC(=O)c2ccccc2)N(c2ccccc2N2C(=O)/C(=C/C(=O)OC)SC2=NC(=O)c2ccccc2)C1=O. The minimum absolute atomic E-state index is 0.0704. The Labute approximate surface area is 270 Å². The van der Waals surface area contributed by atoms with Crippen LogP contribution in [0.5, 0.6) is 0 Å². The van der Waals surface area contributed by atoms with E-state index >= 15 is 0 Å². The summed E-state index contributed by atoms with van der Waals surface area (Å²) in [7, 11) is 2.30. The molecule has 0 unspecified atom stereocenters. The van der Waals surface area contributed by atoms with Crippen molar-refractivity contribution in [3.63, 3.8) is 0 Å². The number of carbonyl (C=O) groups is 6. The van der Waals surface area contributed by atoms with E-state index in [4.69, 9.17) is 9.47 Å². The Morgan fingerprint density at radius 1 is 0.587 bits per heavy atom. The zero-order valence-corrected chi connectivity index (χ0v) is 25.7. The summed E-state index contributed by atoms with van der Waals surface area (Å²) >= 11 is 1.52. The van der Waals surface area contributed by atoms with Crippen molar-refractivity contribution in [2.45, 2.75) is 0 Å². The highest BCUT2D eigenvalue weighted by molar-refractivity contribution is 8.19. The van der Waals surface area contributed by atoms with E-state index in [1.54, 1.807) is 72.8 Å². The van der Waals surface area contributed by atoms with E-state index in [2.05, 4.69) is 9.98 Å². The number of anilines is 2. The molecule has 12 nitrogen and oxygen atoms in total. The zero-order chi connectivity index (χ0) is 32.8. The highest BCUT2D eigenvalue weighted by Crippen LogP contribution is 2.43. The predicted octanol–water partition coefficient (Wildman–Crippen LogP) is 4.35. The van der Waals surface area contributed by atoms with E-state index in [0.717, 1.165) is 59.7 Å². The molecule has 2 aliphatic heterocycles. The van der Waals surface area contributed by atoms with Crippen LogP contribution in [0.25, 0.3) is 0 Å². The number of ether oxygens (including phenoxy) is 2. The molecule has 3 aromatic rings. The van der Waals surface area contributed by atoms with Gasteiger partial charge in [0.25, 0.3) is 23.6 Å². The molecule has 14 heteroatoms. The summed E-state index contributed by atoms with van der Waals surface area (Å²) < 4.78 is 9.39. The molecule has 0 saturated carbocycles. The first-order valence-electron chi connectivity index (χ1n) is 13.3. The maximum Gasteiger partial charge on any atom is 0.331 e. The fraction of sp³-hybridized carbons (Fsp3) is 0.0625. The number of aliphatic imine (C=N–C) groups is 2. The number of nitrogens with zero attached hydrogens (tertiary/aromatic N) is 4. The van der Waals surface area contributed by atoms with Gasteiger partial charge < -0.3 is 9.47 Å². The Balaban J connectivity index is 1.66. The Kier molecular flexibility index (Phi) is 9.69. The summed E-state index contributed by atoms with van der Waals surface area (Å²) in [5.74, 6) is -4.40. The van der Waals surface area contributed by atoms with E-state index in [-0.39, 0.29) is 42.6 Å². The first-order valence-corrected chi connectivity index (χ1v) is 14.9. The number of para-hydroxylation sites is 2. The van der Waals surface area contributed by atoms with Gasteiger partial charge in [-0.05, 0) is 59.9 Å². The van der Waals surface area contributed by atoms with E-state index in [1.807, 2.05) is 0 Å². The molecule has 0 radical (unpaired) electrons. The molecule has 0 spiro atoms. The van der Waals surface area contributed by atoms with Gasteiger partial charge >= 0.3 is 11.9 Å². The molecule has 2 saturated heterocycles. The molecule has 230 valence electrons. The second-order valence-electron chi connectivity index (χ2n) is 9.17. The van der Waals surface area contributed by atoms with Crippen LogP contribution in [0.2, 0.25) is 0 Å². The van der Waals surface area contributed by atoms with Crippen LogP contribution in [0.4, 0.5) is 11.4 Å². The van der Waals surface area contributed by atoms with Crippen LogP contribution < -0.4 is 9.80 Å². The normalized spacial score (nSPS) is 18.1. The van der Waals surface area contributed by atoms with Crippen molar-refractivity contribution in [2.24, 2.45) is 9.98 Å². The standard InChI is InChI=1S/C32H22N4O8S2/c1-43-25(37)17-23-29(41)35(31(45-23)33-27(39)19-11-5-3-6-12-19)21-15-9-10-16-22(21)36-30(42)24(18-26(38)44-2)46-32(36)34-28(40)20-13-7-4-8-14-20/h3-18H,1-2H3/b23-17-,24-18-,33-31?,34-32?. The molecule has 0 aromatic heterocycles. The molecule has 46 heavy (non-hydrogen) atoms. The first-order chi connectivity index (χ1) is 22.2. The van der Waals surface area contributed by atoms with Crippen LogP contribution in [0.3, 0.4) is 0 Å². The predicted molar refractivity (Wildman–Crippen MR) is 173 cm³/mol. The minimum Gasteiger partial charge on any atom is -0.466 e. The number of thioether (sulfide) groups is 2. The van der Waals surface area contributed by atoms with Gasteiger partial charge in [-0.25, -0.2) is 9.59 Å². The van der Waals surface area contributed by atoms with Gasteiger partial charge in [0.15, 0.2) is 10.3 Å². The van der Waals surface area contributed by atoms with Gasteiger partial charge in [-0.15, -0.1) is 0 Å². The van der Waals surface area contributed by atoms with Gasteiger partial charge in [0.1, 0.15) is 0 Å². The summed E-state index contributed by atoms with van der Waals surface area (Å²) in [6.45, 7) is 0. The topological polar surface area (TPSA) is 152 Å². The van der Waals surface area contributed by atoms with Crippen molar-refractivity contribution in [2.75, 3.05) is 24.0 Å². The summed E-state index contributed by atoms with van der Waals surface area (Å²) in [6.07, 6.45) is 1.94. The van der Waals surface area contributed by atoms with Gasteiger partial charge in [0, 0.05) is 23.3 Å². The molecular weight excluding hydrogens is 633 g/mol. The molecule has 2 fully saturated rings. The van der Waals surface area contributed by atoms with Crippen molar-refractivity contribution in [1.82, 2.24) is 0 Å². The minimum atomic E-state index is -0.808. The van der Waals surface area contributed by atoms with E-state index in [1.165, 1.54) is 12.1 Å². The highest BCUT2D eigenvalue weighted by atomic mass is 32.2. The Morgan fingerprint density at radius 3 is 1.28 bits per heavy atom. The van der Waals surface area contributed by atoms with Crippen LogP contribution in [0.15, 0.2) is 117 Å². The number of hydrogen-bond acceptors (Lipinski definition) is 10. The third-order valence-corrected chi connectivity index (χ3v) is 8.25. The largest absolute Gasteiger partial charge is 0.466 e. The average Bonchev–Trinajstić information content (AvgIpc) is 3.54. The number of carbonyl (C=O) groups excluding carboxylic acids is 6. The Bertz CT molecular complexity index is 1750. The van der Waals surface area contributed by atoms with E-state index in [0.29, 0.717) is 0 Å². The fourth-order valence-electron chi connectivity index (χ4n) is 4.16. The zero-order valence-electron chi connectivity index (χ0n) is 24.1. The molecule has 2 heterocycles. The molecule has 2 aliphatic rings. The second-order valence-corrected chi connectivity index (χ2v) is 11.2. The van der Waals surface area contributed by atoms with Gasteiger partial charge in [0.05, 0.1) is 35.4 Å². The number of benzene rings is 3. The first kappa shape index (κ1) is 31.8. The van der Waals surface area contributed by atoms with Crippen LogP contribution in [0.1, 0.15) is 20.7 Å². The van der Waals surface area contributed by atoms with Crippen LogP contribution in [-0.4, -0.2) is 60.1 Å². The fourth-order valence-corrected chi connectivity index (χ4v) is 6.02. The van der Waals surface area contributed by atoms with Gasteiger partial charge in [-0.2, -0.15) is 9.98 Å². The molecule has 0 atom stereocenters. The van der Waals surface area contributed by atoms with Crippen LogP contribution in [0, 0.1) is 0 Å². The monoisotopic (exact) mass is 654 g/mol. The number of amides is 4. The molecule has 0 bridgehead atoms. The van der Waals surface area contributed by atoms with Crippen molar-refractivity contribution in [3.05, 3.63) is 118 Å². The molecule has 0 aliphatic carbocycles. The molecule has 4 amide bonds. The third kappa shape index (κ3) is 6.72. The lowest BCUT2D eigenvalue weighted by atomic mass is 10.2. The number of methoxy groups -OCH3 is 2. The number of rotatable bonds is 6. The lowest BCUT2D eigenvalue weighted by Gasteiger charge is -2.24. The summed E-state index contributed by atoms with van der Waals surface area (Å²) in [4.78, 5) is 88.4. The molecule has 5 rings (SSSR count). The second kappa shape index (κ2) is 14.0. The maximum atomic E-state index is 13.8.